The summed E-state index contributed by atoms with van der Waals surface area (Å²) in [4.78, 5) is 26.0. The number of aromatic nitrogens is 2. The molecular weight excluding hydrogens is 358 g/mol. The van der Waals surface area contributed by atoms with Gasteiger partial charge in [-0.05, 0) is 6.07 Å². The van der Waals surface area contributed by atoms with E-state index in [2.05, 4.69) is 9.71 Å². The van der Waals surface area contributed by atoms with Crippen molar-refractivity contribution in [1.82, 2.24) is 9.97 Å². The molecule has 3 rings (SSSR count). The van der Waals surface area contributed by atoms with Gasteiger partial charge in [0.2, 0.25) is 0 Å². The van der Waals surface area contributed by atoms with Crippen molar-refractivity contribution in [2.45, 2.75) is 4.90 Å². The van der Waals surface area contributed by atoms with Gasteiger partial charge in [-0.3, -0.25) is 14.5 Å². The smallest absolute Gasteiger partial charge is 0.325 e. The maximum absolute atomic E-state index is 12.4. The zero-order chi connectivity index (χ0) is 17.5. The van der Waals surface area contributed by atoms with Crippen molar-refractivity contribution >= 4 is 38.1 Å². The molecule has 1 heterocycles. The van der Waals surface area contributed by atoms with Gasteiger partial charge in [-0.2, -0.15) is 0 Å². The van der Waals surface area contributed by atoms with Crippen LogP contribution in [0.2, 0.25) is 5.02 Å². The van der Waals surface area contributed by atoms with E-state index in [1.54, 1.807) is 24.3 Å². The SMILES string of the molecule is O=c1[nH]cc(S(=O)(=O)Nc2cc(Cl)c(O)c3ccccc23)c(=O)[nH]1. The molecule has 0 aliphatic carbocycles. The summed E-state index contributed by atoms with van der Waals surface area (Å²) >= 11 is 5.92. The molecular formula is C14H10ClN3O5S. The number of nitrogens with one attached hydrogen (secondary N) is 3. The summed E-state index contributed by atoms with van der Waals surface area (Å²) < 4.78 is 27.1. The number of anilines is 1. The first kappa shape index (κ1) is 16.1. The van der Waals surface area contributed by atoms with E-state index in [9.17, 15) is 23.1 Å². The van der Waals surface area contributed by atoms with Gasteiger partial charge in [-0.1, -0.05) is 35.9 Å². The zero-order valence-corrected chi connectivity index (χ0v) is 13.4. The van der Waals surface area contributed by atoms with E-state index in [1.165, 1.54) is 6.07 Å². The van der Waals surface area contributed by atoms with E-state index in [4.69, 9.17) is 11.6 Å². The van der Waals surface area contributed by atoms with Crippen LogP contribution in [0.15, 0.2) is 51.0 Å². The molecule has 0 saturated heterocycles. The fourth-order valence-electron chi connectivity index (χ4n) is 2.21. The number of halogens is 1. The molecule has 2 aromatic carbocycles. The third-order valence-electron chi connectivity index (χ3n) is 3.29. The molecule has 0 unspecified atom stereocenters. The summed E-state index contributed by atoms with van der Waals surface area (Å²) in [5.74, 6) is -0.183. The number of phenolic OH excluding ortho intramolecular Hbond substituents is 1. The lowest BCUT2D eigenvalue weighted by Crippen LogP contribution is -2.29. The van der Waals surface area contributed by atoms with Crippen LogP contribution in [0.3, 0.4) is 0 Å². The van der Waals surface area contributed by atoms with Gasteiger partial charge in [-0.25, -0.2) is 13.2 Å². The highest BCUT2D eigenvalue weighted by Crippen LogP contribution is 2.37. The molecule has 10 heteroatoms. The molecule has 0 atom stereocenters. The molecule has 0 amide bonds. The zero-order valence-electron chi connectivity index (χ0n) is 11.8. The van der Waals surface area contributed by atoms with Crippen LogP contribution in [0.5, 0.6) is 5.75 Å². The summed E-state index contributed by atoms with van der Waals surface area (Å²) in [6.07, 6.45) is 0.799. The summed E-state index contributed by atoms with van der Waals surface area (Å²) in [6, 6.07) is 7.70. The molecule has 1 aromatic heterocycles. The summed E-state index contributed by atoms with van der Waals surface area (Å²) in [5, 5.41) is 10.7. The number of sulfonamides is 1. The van der Waals surface area contributed by atoms with Gasteiger partial charge >= 0.3 is 5.69 Å². The topological polar surface area (TPSA) is 132 Å². The highest BCUT2D eigenvalue weighted by Gasteiger charge is 2.21. The van der Waals surface area contributed by atoms with E-state index >= 15 is 0 Å². The number of phenols is 1. The number of rotatable bonds is 3. The van der Waals surface area contributed by atoms with Gasteiger partial charge in [0.1, 0.15) is 5.75 Å². The Balaban J connectivity index is 2.18. The van der Waals surface area contributed by atoms with Crippen LogP contribution >= 0.6 is 11.6 Å². The van der Waals surface area contributed by atoms with Crippen LogP contribution in [0, 0.1) is 0 Å². The van der Waals surface area contributed by atoms with Crippen LogP contribution < -0.4 is 16.0 Å². The molecule has 0 spiro atoms. The first-order valence-corrected chi connectivity index (χ1v) is 8.41. The number of H-pyrrole nitrogens is 2. The predicted molar refractivity (Wildman–Crippen MR) is 89.1 cm³/mol. The van der Waals surface area contributed by atoms with Gasteiger partial charge in [0.15, 0.2) is 4.90 Å². The molecule has 0 saturated carbocycles. The Labute approximate surface area is 139 Å². The maximum atomic E-state index is 12.4. The number of hydrogen-bond acceptors (Lipinski definition) is 5. The fourth-order valence-corrected chi connectivity index (χ4v) is 3.50. The third kappa shape index (κ3) is 2.74. The van der Waals surface area contributed by atoms with E-state index in [0.29, 0.717) is 10.8 Å². The standard InChI is InChI=1S/C14H10ClN3O5S/c15-9-5-10(7-3-1-2-4-8(7)12(9)19)18-24(22,23)11-6-16-14(21)17-13(11)20/h1-6,18-19H,(H2,16,17,20,21). The Morgan fingerprint density at radius 2 is 1.79 bits per heavy atom. The predicted octanol–water partition coefficient (Wildman–Crippen LogP) is 1.38. The number of fused-ring (bicyclic) bond motifs is 1. The Hall–Kier alpha value is -2.78. The molecule has 4 N–H and O–H groups in total. The summed E-state index contributed by atoms with van der Waals surface area (Å²) in [6.45, 7) is 0. The van der Waals surface area contributed by atoms with Crippen molar-refractivity contribution < 1.29 is 13.5 Å². The second kappa shape index (κ2) is 5.69. The minimum atomic E-state index is -4.29. The molecule has 0 radical (unpaired) electrons. The van der Waals surface area contributed by atoms with Gasteiger partial charge in [0.25, 0.3) is 15.6 Å². The van der Waals surface area contributed by atoms with Gasteiger partial charge in [-0.15, -0.1) is 0 Å². The van der Waals surface area contributed by atoms with Crippen molar-refractivity contribution in [2.24, 2.45) is 0 Å². The lowest BCUT2D eigenvalue weighted by atomic mass is 10.1. The lowest BCUT2D eigenvalue weighted by molar-refractivity contribution is 0.482. The molecule has 24 heavy (non-hydrogen) atoms. The van der Waals surface area contributed by atoms with Crippen molar-refractivity contribution in [2.75, 3.05) is 4.72 Å². The number of aromatic hydroxyl groups is 1. The highest BCUT2D eigenvalue weighted by atomic mass is 35.5. The molecule has 3 aromatic rings. The molecule has 0 fully saturated rings. The number of benzene rings is 2. The van der Waals surface area contributed by atoms with Crippen molar-refractivity contribution in [3.05, 3.63) is 62.4 Å². The fraction of sp³-hybridized carbons (Fsp3) is 0. The van der Waals surface area contributed by atoms with Crippen LogP contribution in [0.1, 0.15) is 0 Å². The first-order chi connectivity index (χ1) is 11.3. The van der Waals surface area contributed by atoms with Crippen molar-refractivity contribution in [3.63, 3.8) is 0 Å². The molecule has 0 bridgehead atoms. The summed E-state index contributed by atoms with van der Waals surface area (Å²) in [5.41, 5.74) is -1.79. The second-order valence-corrected chi connectivity index (χ2v) is 6.90. The second-order valence-electron chi connectivity index (χ2n) is 4.84. The molecule has 124 valence electrons. The van der Waals surface area contributed by atoms with E-state index in [-0.39, 0.29) is 16.5 Å². The Morgan fingerprint density at radius 3 is 2.46 bits per heavy atom. The van der Waals surface area contributed by atoms with E-state index in [1.807, 2.05) is 4.98 Å². The van der Waals surface area contributed by atoms with Gasteiger partial charge in [0, 0.05) is 17.0 Å². The summed E-state index contributed by atoms with van der Waals surface area (Å²) in [7, 11) is -4.29. The van der Waals surface area contributed by atoms with Crippen molar-refractivity contribution in [1.29, 1.82) is 0 Å². The lowest BCUT2D eigenvalue weighted by Gasteiger charge is -2.12. The largest absolute Gasteiger partial charge is 0.506 e. The van der Waals surface area contributed by atoms with Crippen LogP contribution in [-0.4, -0.2) is 23.5 Å². The minimum Gasteiger partial charge on any atom is -0.506 e. The van der Waals surface area contributed by atoms with Crippen LogP contribution in [0.25, 0.3) is 10.8 Å². The average Bonchev–Trinajstić information content (AvgIpc) is 2.51. The molecule has 0 aliphatic heterocycles. The average molecular weight is 368 g/mol. The van der Waals surface area contributed by atoms with Gasteiger partial charge in [0.05, 0.1) is 10.7 Å². The normalized spacial score (nSPS) is 11.5. The third-order valence-corrected chi connectivity index (χ3v) is 4.95. The monoisotopic (exact) mass is 367 g/mol. The van der Waals surface area contributed by atoms with Crippen molar-refractivity contribution in [3.8, 4) is 5.75 Å². The molecule has 0 aliphatic rings. The minimum absolute atomic E-state index is 0.0539. The number of aromatic amines is 2. The Kier molecular flexibility index (Phi) is 3.82. The van der Waals surface area contributed by atoms with Crippen LogP contribution in [0.4, 0.5) is 5.69 Å². The first-order valence-electron chi connectivity index (χ1n) is 6.54. The maximum Gasteiger partial charge on any atom is 0.325 e. The van der Waals surface area contributed by atoms with E-state index < -0.39 is 26.2 Å². The van der Waals surface area contributed by atoms with Crippen LogP contribution in [-0.2, 0) is 10.0 Å². The molecule has 8 nitrogen and oxygen atoms in total. The van der Waals surface area contributed by atoms with Gasteiger partial charge < -0.3 is 10.1 Å². The number of hydrogen-bond donors (Lipinski definition) is 4. The quantitative estimate of drug-likeness (QED) is 0.519. The Morgan fingerprint density at radius 1 is 1.12 bits per heavy atom. The highest BCUT2D eigenvalue weighted by molar-refractivity contribution is 7.92. The van der Waals surface area contributed by atoms with E-state index in [0.717, 1.165) is 6.20 Å². The Bertz CT molecular complexity index is 1170.